The smallest absolute Gasteiger partial charge is 0.249 e. The second kappa shape index (κ2) is 5.92. The van der Waals surface area contributed by atoms with Crippen molar-refractivity contribution in [2.24, 2.45) is 17.4 Å². The molecule has 2 rings (SSSR count). The van der Waals surface area contributed by atoms with Crippen LogP contribution in [-0.2, 0) is 0 Å². The van der Waals surface area contributed by atoms with Gasteiger partial charge in [-0.1, -0.05) is 6.42 Å². The Morgan fingerprint density at radius 2 is 2.21 bits per heavy atom. The van der Waals surface area contributed by atoms with E-state index in [2.05, 4.69) is 27.9 Å². The summed E-state index contributed by atoms with van der Waals surface area (Å²) < 4.78 is 0.742. The van der Waals surface area contributed by atoms with E-state index in [9.17, 15) is 4.79 Å². The molecule has 4 nitrogen and oxygen atoms in total. The molecular formula is C14H20BrN3O. The number of halogens is 1. The largest absolute Gasteiger partial charge is 0.371 e. The molecule has 1 aromatic carbocycles. The molecule has 0 radical (unpaired) electrons. The first-order chi connectivity index (χ1) is 9.04. The molecule has 1 fully saturated rings. The van der Waals surface area contributed by atoms with E-state index in [0.29, 0.717) is 17.5 Å². The standard InChI is InChI=1S/C14H20BrN3O/c1-18(13-4-2-3-9(13)8-16)10-5-6-11(14(17)19)12(15)7-10/h5-7,9,13H,2-4,8,16H2,1H3,(H2,17,19). The molecule has 2 unspecified atom stereocenters. The van der Waals surface area contributed by atoms with E-state index in [1.807, 2.05) is 12.1 Å². The van der Waals surface area contributed by atoms with E-state index < -0.39 is 5.91 Å². The van der Waals surface area contributed by atoms with Gasteiger partial charge < -0.3 is 16.4 Å². The predicted octanol–water partition coefficient (Wildman–Crippen LogP) is 2.11. The summed E-state index contributed by atoms with van der Waals surface area (Å²) in [6.07, 6.45) is 3.61. The highest BCUT2D eigenvalue weighted by Gasteiger charge is 2.29. The Kier molecular flexibility index (Phi) is 4.47. The second-order valence-corrected chi connectivity index (χ2v) is 5.99. The van der Waals surface area contributed by atoms with Gasteiger partial charge in [-0.05, 0) is 59.4 Å². The fourth-order valence-corrected chi connectivity index (χ4v) is 3.48. The molecule has 2 atom stereocenters. The van der Waals surface area contributed by atoms with Crippen LogP contribution in [0.4, 0.5) is 5.69 Å². The number of anilines is 1. The van der Waals surface area contributed by atoms with Gasteiger partial charge in [0, 0.05) is 23.2 Å². The summed E-state index contributed by atoms with van der Waals surface area (Å²) in [5, 5.41) is 0. The van der Waals surface area contributed by atoms with Gasteiger partial charge in [0.25, 0.3) is 0 Å². The Morgan fingerprint density at radius 3 is 2.79 bits per heavy atom. The number of carbonyl (C=O) groups is 1. The topological polar surface area (TPSA) is 72.3 Å². The summed E-state index contributed by atoms with van der Waals surface area (Å²) >= 11 is 3.40. The predicted molar refractivity (Wildman–Crippen MR) is 81.2 cm³/mol. The third-order valence-electron chi connectivity index (χ3n) is 4.04. The molecule has 0 aliphatic heterocycles. The Bertz CT molecular complexity index is 478. The van der Waals surface area contributed by atoms with Crippen molar-refractivity contribution in [2.45, 2.75) is 25.3 Å². The van der Waals surface area contributed by atoms with Gasteiger partial charge in [0.1, 0.15) is 0 Å². The van der Waals surface area contributed by atoms with Gasteiger partial charge in [-0.2, -0.15) is 0 Å². The van der Waals surface area contributed by atoms with E-state index in [0.717, 1.165) is 16.7 Å². The third-order valence-corrected chi connectivity index (χ3v) is 4.70. The Morgan fingerprint density at radius 1 is 1.47 bits per heavy atom. The molecular weight excluding hydrogens is 306 g/mol. The lowest BCUT2D eigenvalue weighted by molar-refractivity contribution is 0.0999. The fraction of sp³-hybridized carbons (Fsp3) is 0.500. The number of primary amides is 1. The van der Waals surface area contributed by atoms with E-state index in [1.54, 1.807) is 6.07 Å². The molecule has 0 bridgehead atoms. The van der Waals surface area contributed by atoms with Crippen molar-refractivity contribution in [3.05, 3.63) is 28.2 Å². The Labute approximate surface area is 122 Å². The van der Waals surface area contributed by atoms with Crippen LogP contribution < -0.4 is 16.4 Å². The molecule has 1 aliphatic rings. The van der Waals surface area contributed by atoms with Gasteiger partial charge in [-0.3, -0.25) is 4.79 Å². The van der Waals surface area contributed by atoms with Gasteiger partial charge in [0.2, 0.25) is 5.91 Å². The van der Waals surface area contributed by atoms with Crippen LogP contribution in [-0.4, -0.2) is 25.5 Å². The van der Waals surface area contributed by atoms with Crippen LogP contribution in [0.5, 0.6) is 0 Å². The van der Waals surface area contributed by atoms with Crippen molar-refractivity contribution in [3.8, 4) is 0 Å². The van der Waals surface area contributed by atoms with Gasteiger partial charge in [-0.25, -0.2) is 0 Å². The molecule has 0 aromatic heterocycles. The summed E-state index contributed by atoms with van der Waals surface area (Å²) in [6, 6.07) is 6.14. The van der Waals surface area contributed by atoms with Crippen molar-refractivity contribution >= 4 is 27.5 Å². The monoisotopic (exact) mass is 325 g/mol. The minimum atomic E-state index is -0.415. The summed E-state index contributed by atoms with van der Waals surface area (Å²) in [5.74, 6) is 0.140. The summed E-state index contributed by atoms with van der Waals surface area (Å²) in [7, 11) is 2.09. The lowest BCUT2D eigenvalue weighted by atomic mass is 10.0. The first kappa shape index (κ1) is 14.3. The highest BCUT2D eigenvalue weighted by Crippen LogP contribution is 2.33. The number of hydrogen-bond donors (Lipinski definition) is 2. The van der Waals surface area contributed by atoms with Crippen molar-refractivity contribution in [1.82, 2.24) is 0 Å². The van der Waals surface area contributed by atoms with Crippen LogP contribution in [0.2, 0.25) is 0 Å². The number of benzene rings is 1. The molecule has 0 heterocycles. The quantitative estimate of drug-likeness (QED) is 0.890. The molecule has 1 aromatic rings. The summed E-state index contributed by atoms with van der Waals surface area (Å²) in [6.45, 7) is 0.732. The zero-order valence-corrected chi connectivity index (χ0v) is 12.7. The molecule has 0 saturated heterocycles. The summed E-state index contributed by atoms with van der Waals surface area (Å²) in [5.41, 5.74) is 12.7. The van der Waals surface area contributed by atoms with E-state index in [-0.39, 0.29) is 0 Å². The maximum atomic E-state index is 11.2. The number of hydrogen-bond acceptors (Lipinski definition) is 3. The van der Waals surface area contributed by atoms with E-state index in [4.69, 9.17) is 11.5 Å². The van der Waals surface area contributed by atoms with Crippen molar-refractivity contribution in [2.75, 3.05) is 18.5 Å². The van der Waals surface area contributed by atoms with Crippen LogP contribution in [0.15, 0.2) is 22.7 Å². The highest BCUT2D eigenvalue weighted by molar-refractivity contribution is 9.10. The van der Waals surface area contributed by atoms with E-state index >= 15 is 0 Å². The number of carbonyl (C=O) groups excluding carboxylic acids is 1. The Balaban J connectivity index is 2.22. The molecule has 19 heavy (non-hydrogen) atoms. The maximum Gasteiger partial charge on any atom is 0.249 e. The molecule has 4 N–H and O–H groups in total. The zero-order valence-electron chi connectivity index (χ0n) is 11.1. The SMILES string of the molecule is CN(c1ccc(C(N)=O)c(Br)c1)C1CCCC1CN. The minimum Gasteiger partial charge on any atom is -0.371 e. The van der Waals surface area contributed by atoms with Crippen molar-refractivity contribution in [3.63, 3.8) is 0 Å². The van der Waals surface area contributed by atoms with Gasteiger partial charge in [0.15, 0.2) is 0 Å². The van der Waals surface area contributed by atoms with E-state index in [1.165, 1.54) is 19.3 Å². The number of amides is 1. The average molecular weight is 326 g/mol. The first-order valence-electron chi connectivity index (χ1n) is 6.57. The maximum absolute atomic E-state index is 11.2. The number of nitrogens with two attached hydrogens (primary N) is 2. The third kappa shape index (κ3) is 2.92. The molecule has 0 spiro atoms. The van der Waals surface area contributed by atoms with Crippen molar-refractivity contribution < 1.29 is 4.79 Å². The highest BCUT2D eigenvalue weighted by atomic mass is 79.9. The fourth-order valence-electron chi connectivity index (χ4n) is 2.92. The first-order valence-corrected chi connectivity index (χ1v) is 7.36. The molecule has 1 aliphatic carbocycles. The van der Waals surface area contributed by atoms with Crippen molar-refractivity contribution in [1.29, 1.82) is 0 Å². The van der Waals surface area contributed by atoms with Gasteiger partial charge in [0.05, 0.1) is 5.56 Å². The lowest BCUT2D eigenvalue weighted by Crippen LogP contribution is -2.37. The van der Waals surface area contributed by atoms with Crippen LogP contribution in [0.1, 0.15) is 29.6 Å². The van der Waals surface area contributed by atoms with Crippen LogP contribution in [0.3, 0.4) is 0 Å². The average Bonchev–Trinajstić information content (AvgIpc) is 2.85. The van der Waals surface area contributed by atoms with Gasteiger partial charge in [-0.15, -0.1) is 0 Å². The van der Waals surface area contributed by atoms with Crippen LogP contribution >= 0.6 is 15.9 Å². The number of nitrogens with zero attached hydrogens (tertiary/aromatic N) is 1. The van der Waals surface area contributed by atoms with Crippen LogP contribution in [0, 0.1) is 5.92 Å². The molecule has 5 heteroatoms. The second-order valence-electron chi connectivity index (χ2n) is 5.13. The van der Waals surface area contributed by atoms with Gasteiger partial charge >= 0.3 is 0 Å². The Hall–Kier alpha value is -1.07. The normalized spacial score (nSPS) is 22.5. The lowest BCUT2D eigenvalue weighted by Gasteiger charge is -2.31. The molecule has 104 valence electrons. The summed E-state index contributed by atoms with van der Waals surface area (Å²) in [4.78, 5) is 13.5. The zero-order chi connectivity index (χ0) is 14.0. The molecule has 1 saturated carbocycles. The minimum absolute atomic E-state index is 0.415. The molecule has 1 amide bonds. The number of rotatable bonds is 4. The van der Waals surface area contributed by atoms with Crippen LogP contribution in [0.25, 0.3) is 0 Å².